The molecule has 0 spiro atoms. The molecular weight excluding hydrogens is 420 g/mol. The number of nitrogens with two attached hydrogens (primary N) is 1. The maximum absolute atomic E-state index is 13.0. The van der Waals surface area contributed by atoms with Crippen LogP contribution in [-0.2, 0) is 20.8 Å². The summed E-state index contributed by atoms with van der Waals surface area (Å²) in [6.07, 6.45) is 7.79. The second-order valence-corrected chi connectivity index (χ2v) is 9.88. The first-order valence-electron chi connectivity index (χ1n) is 11.8. The average Bonchev–Trinajstić information content (AvgIpc) is 3.26. The fourth-order valence-corrected chi connectivity index (χ4v) is 4.90. The van der Waals surface area contributed by atoms with E-state index in [0.29, 0.717) is 30.6 Å². The fraction of sp³-hybridized carbons (Fsp3) is 0.625. The number of amides is 3. The number of pyridine rings is 1. The summed E-state index contributed by atoms with van der Waals surface area (Å²) in [6.45, 7) is 6.86. The van der Waals surface area contributed by atoms with Crippen LogP contribution in [0.4, 0.5) is 5.69 Å². The fourth-order valence-electron chi connectivity index (χ4n) is 4.90. The van der Waals surface area contributed by atoms with E-state index in [1.807, 2.05) is 6.92 Å². The molecule has 2 unspecified atom stereocenters. The normalized spacial score (nSPS) is 22.0. The zero-order valence-electron chi connectivity index (χ0n) is 19.9. The predicted molar refractivity (Wildman–Crippen MR) is 127 cm³/mol. The topological polar surface area (TPSA) is 141 Å². The summed E-state index contributed by atoms with van der Waals surface area (Å²) in [4.78, 5) is 43.4. The lowest BCUT2D eigenvalue weighted by molar-refractivity contribution is -0.137. The molecule has 1 aliphatic carbocycles. The van der Waals surface area contributed by atoms with E-state index in [9.17, 15) is 14.4 Å². The number of likely N-dealkylation sites (tertiary alicyclic amines) is 1. The predicted octanol–water partition coefficient (Wildman–Crippen LogP) is 1.99. The van der Waals surface area contributed by atoms with Crippen molar-refractivity contribution in [1.29, 1.82) is 5.41 Å². The number of anilines is 1. The Bertz CT molecular complexity index is 929. The molecule has 9 heteroatoms. The number of nitrogens with one attached hydrogen (secondary N) is 3. The Morgan fingerprint density at radius 1 is 1.27 bits per heavy atom. The molecule has 1 saturated carbocycles. The van der Waals surface area contributed by atoms with Gasteiger partial charge in [-0.2, -0.15) is 0 Å². The van der Waals surface area contributed by atoms with Gasteiger partial charge in [0.15, 0.2) is 0 Å². The number of hydrogen-bond acceptors (Lipinski definition) is 6. The monoisotopic (exact) mass is 456 g/mol. The van der Waals surface area contributed by atoms with Crippen molar-refractivity contribution >= 4 is 29.1 Å². The van der Waals surface area contributed by atoms with Gasteiger partial charge in [-0.15, -0.1) is 0 Å². The third-order valence-electron chi connectivity index (χ3n) is 6.70. The molecule has 1 aromatic heterocycles. The Hall–Kier alpha value is -2.97. The van der Waals surface area contributed by atoms with Gasteiger partial charge in [0, 0.05) is 23.8 Å². The van der Waals surface area contributed by atoms with Crippen LogP contribution in [0.5, 0.6) is 0 Å². The SMILES string of the molecule is CCc1cc(C(=N)C(N)=O)c(NCC(=O)N2CCCC2C(=O)NC2CCCC(C)(C)C2)cn1. The van der Waals surface area contributed by atoms with Crippen molar-refractivity contribution in [2.24, 2.45) is 11.1 Å². The summed E-state index contributed by atoms with van der Waals surface area (Å²) in [7, 11) is 0. The van der Waals surface area contributed by atoms with Gasteiger partial charge in [-0.05, 0) is 50.0 Å². The number of primary amides is 1. The first kappa shape index (κ1) is 24.7. The molecule has 3 amide bonds. The molecule has 2 aliphatic rings. The third-order valence-corrected chi connectivity index (χ3v) is 6.70. The molecule has 33 heavy (non-hydrogen) atoms. The van der Waals surface area contributed by atoms with E-state index in [2.05, 4.69) is 29.5 Å². The van der Waals surface area contributed by atoms with Gasteiger partial charge in [0.05, 0.1) is 18.4 Å². The van der Waals surface area contributed by atoms with E-state index in [-0.39, 0.29) is 35.5 Å². The lowest BCUT2D eigenvalue weighted by Crippen LogP contribution is -2.51. The number of carbonyl (C=O) groups is 3. The highest BCUT2D eigenvalue weighted by molar-refractivity contribution is 6.44. The lowest BCUT2D eigenvalue weighted by Gasteiger charge is -2.36. The molecule has 5 N–H and O–H groups in total. The van der Waals surface area contributed by atoms with E-state index in [4.69, 9.17) is 11.1 Å². The Labute approximate surface area is 195 Å². The molecule has 2 heterocycles. The van der Waals surface area contributed by atoms with Crippen molar-refractivity contribution in [1.82, 2.24) is 15.2 Å². The summed E-state index contributed by atoms with van der Waals surface area (Å²) in [6, 6.07) is 1.33. The van der Waals surface area contributed by atoms with Crippen LogP contribution in [0.15, 0.2) is 12.3 Å². The minimum atomic E-state index is -0.847. The van der Waals surface area contributed by atoms with Gasteiger partial charge in [-0.1, -0.05) is 27.2 Å². The van der Waals surface area contributed by atoms with Gasteiger partial charge in [0.1, 0.15) is 11.8 Å². The van der Waals surface area contributed by atoms with Gasteiger partial charge in [-0.3, -0.25) is 24.8 Å². The van der Waals surface area contributed by atoms with Gasteiger partial charge in [0.2, 0.25) is 11.8 Å². The van der Waals surface area contributed by atoms with E-state index in [0.717, 1.165) is 31.4 Å². The third kappa shape index (κ3) is 6.09. The Morgan fingerprint density at radius 2 is 2.03 bits per heavy atom. The number of hydrogen-bond donors (Lipinski definition) is 4. The van der Waals surface area contributed by atoms with Crippen molar-refractivity contribution in [3.63, 3.8) is 0 Å². The van der Waals surface area contributed by atoms with Crippen molar-refractivity contribution < 1.29 is 14.4 Å². The molecule has 9 nitrogen and oxygen atoms in total. The van der Waals surface area contributed by atoms with Crippen LogP contribution in [0.3, 0.4) is 0 Å². The average molecular weight is 457 g/mol. The van der Waals surface area contributed by atoms with Gasteiger partial charge < -0.3 is 21.3 Å². The maximum atomic E-state index is 13.0. The van der Waals surface area contributed by atoms with E-state index in [1.54, 1.807) is 11.0 Å². The van der Waals surface area contributed by atoms with Crippen LogP contribution < -0.4 is 16.4 Å². The molecule has 1 aliphatic heterocycles. The van der Waals surface area contributed by atoms with Crippen LogP contribution in [0.2, 0.25) is 0 Å². The molecule has 0 aromatic carbocycles. The first-order chi connectivity index (χ1) is 15.6. The van der Waals surface area contributed by atoms with Crippen molar-refractivity contribution in [2.45, 2.75) is 77.8 Å². The molecule has 2 fully saturated rings. The minimum Gasteiger partial charge on any atom is -0.374 e. The van der Waals surface area contributed by atoms with E-state index >= 15 is 0 Å². The zero-order chi connectivity index (χ0) is 24.2. The number of nitrogens with zero attached hydrogens (tertiary/aromatic N) is 2. The number of carbonyl (C=O) groups excluding carboxylic acids is 3. The Kier molecular flexibility index (Phi) is 7.71. The molecular formula is C24H36N6O3. The Balaban J connectivity index is 1.63. The van der Waals surface area contributed by atoms with Crippen LogP contribution in [0, 0.1) is 10.8 Å². The number of aryl methyl sites for hydroxylation is 1. The first-order valence-corrected chi connectivity index (χ1v) is 11.8. The Morgan fingerprint density at radius 3 is 2.70 bits per heavy atom. The van der Waals surface area contributed by atoms with Gasteiger partial charge in [-0.25, -0.2) is 0 Å². The van der Waals surface area contributed by atoms with E-state index < -0.39 is 11.9 Å². The number of aromatic nitrogens is 1. The molecule has 0 bridgehead atoms. The summed E-state index contributed by atoms with van der Waals surface area (Å²) < 4.78 is 0. The lowest BCUT2D eigenvalue weighted by atomic mass is 9.75. The van der Waals surface area contributed by atoms with Crippen molar-refractivity contribution in [3.05, 3.63) is 23.5 Å². The molecule has 1 aromatic rings. The molecule has 2 atom stereocenters. The van der Waals surface area contributed by atoms with Crippen LogP contribution >= 0.6 is 0 Å². The highest BCUT2D eigenvalue weighted by Crippen LogP contribution is 2.35. The smallest absolute Gasteiger partial charge is 0.267 e. The highest BCUT2D eigenvalue weighted by Gasteiger charge is 2.36. The van der Waals surface area contributed by atoms with Crippen LogP contribution in [-0.4, -0.2) is 58.5 Å². The van der Waals surface area contributed by atoms with E-state index in [1.165, 1.54) is 12.6 Å². The number of rotatable bonds is 8. The molecule has 0 radical (unpaired) electrons. The van der Waals surface area contributed by atoms with Crippen molar-refractivity contribution in [3.8, 4) is 0 Å². The van der Waals surface area contributed by atoms with Crippen LogP contribution in [0.25, 0.3) is 0 Å². The quantitative estimate of drug-likeness (QED) is 0.443. The van der Waals surface area contributed by atoms with Crippen LogP contribution in [0.1, 0.15) is 70.6 Å². The standard InChI is InChI=1S/C24H36N6O3/c1-4-15-11-17(21(25)22(26)32)18(13-27-15)28-14-20(31)30-10-6-8-19(30)23(33)29-16-7-5-9-24(2,3)12-16/h11,13,16,19,25,28H,4-10,12,14H2,1-3H3,(H2,26,32)(H,29,33). The van der Waals surface area contributed by atoms with Gasteiger partial charge >= 0.3 is 0 Å². The second kappa shape index (κ2) is 10.3. The zero-order valence-corrected chi connectivity index (χ0v) is 19.9. The summed E-state index contributed by atoms with van der Waals surface area (Å²) in [5, 5.41) is 14.2. The summed E-state index contributed by atoms with van der Waals surface area (Å²) in [5.74, 6) is -1.12. The van der Waals surface area contributed by atoms with Crippen molar-refractivity contribution in [2.75, 3.05) is 18.4 Å². The highest BCUT2D eigenvalue weighted by atomic mass is 16.2. The molecule has 180 valence electrons. The second-order valence-electron chi connectivity index (χ2n) is 9.88. The maximum Gasteiger partial charge on any atom is 0.267 e. The molecule has 3 rings (SSSR count). The summed E-state index contributed by atoms with van der Waals surface area (Å²) in [5.41, 5.74) is 6.62. The van der Waals surface area contributed by atoms with Gasteiger partial charge in [0.25, 0.3) is 5.91 Å². The largest absolute Gasteiger partial charge is 0.374 e. The minimum absolute atomic E-state index is 0.0631. The summed E-state index contributed by atoms with van der Waals surface area (Å²) >= 11 is 0. The molecule has 1 saturated heterocycles.